The molecule has 0 radical (unpaired) electrons. The molecular formula is C30H40. The van der Waals surface area contributed by atoms with Crippen LogP contribution in [0.1, 0.15) is 84.3 Å². The van der Waals surface area contributed by atoms with Gasteiger partial charge in [0, 0.05) is 0 Å². The molecule has 0 bridgehead atoms. The Bertz CT molecular complexity index is 861. The molecule has 160 valence electrons. The van der Waals surface area contributed by atoms with Crippen molar-refractivity contribution in [2.75, 3.05) is 0 Å². The van der Waals surface area contributed by atoms with Gasteiger partial charge in [0.25, 0.3) is 0 Å². The van der Waals surface area contributed by atoms with Crippen LogP contribution in [0.3, 0.4) is 0 Å². The van der Waals surface area contributed by atoms with Crippen LogP contribution in [-0.2, 0) is 6.42 Å². The Morgan fingerprint density at radius 1 is 1.07 bits per heavy atom. The fourth-order valence-electron chi connectivity index (χ4n) is 4.90. The molecule has 0 amide bonds. The Hall–Kier alpha value is -2.08. The van der Waals surface area contributed by atoms with Gasteiger partial charge in [-0.15, -0.1) is 0 Å². The summed E-state index contributed by atoms with van der Waals surface area (Å²) in [6.07, 6.45) is 20.5. The largest absolute Gasteiger partial charge is 0.0881 e. The van der Waals surface area contributed by atoms with Gasteiger partial charge in [-0.2, -0.15) is 0 Å². The summed E-state index contributed by atoms with van der Waals surface area (Å²) in [5, 5.41) is 0. The van der Waals surface area contributed by atoms with Gasteiger partial charge >= 0.3 is 0 Å². The van der Waals surface area contributed by atoms with Gasteiger partial charge in [0.1, 0.15) is 0 Å². The fraction of sp³-hybridized carbons (Fsp3) is 0.467. The average molecular weight is 401 g/mol. The summed E-state index contributed by atoms with van der Waals surface area (Å²) in [7, 11) is 0. The van der Waals surface area contributed by atoms with E-state index in [9.17, 15) is 0 Å². The highest BCUT2D eigenvalue weighted by Gasteiger charge is 2.22. The SMILES string of the molecule is C/C=C(/C)C(C)/C(C)=C(\C=C(/C)c1ccc(CC2=CC=CCC2)cc1)C1CCCC1. The summed E-state index contributed by atoms with van der Waals surface area (Å²) in [4.78, 5) is 0. The molecule has 0 heterocycles. The molecule has 30 heavy (non-hydrogen) atoms. The van der Waals surface area contributed by atoms with Crippen molar-refractivity contribution in [2.24, 2.45) is 11.8 Å². The second kappa shape index (κ2) is 10.8. The Balaban J connectivity index is 1.84. The van der Waals surface area contributed by atoms with Crippen LogP contribution in [0, 0.1) is 11.8 Å². The lowest BCUT2D eigenvalue weighted by Gasteiger charge is -2.22. The molecule has 2 aliphatic rings. The maximum absolute atomic E-state index is 2.51. The van der Waals surface area contributed by atoms with Gasteiger partial charge in [-0.1, -0.05) is 91.1 Å². The highest BCUT2D eigenvalue weighted by atomic mass is 14.3. The molecule has 1 saturated carbocycles. The van der Waals surface area contributed by atoms with Crippen molar-refractivity contribution in [3.05, 3.63) is 88.1 Å². The van der Waals surface area contributed by atoms with E-state index < -0.39 is 0 Å². The van der Waals surface area contributed by atoms with Crippen molar-refractivity contribution >= 4 is 5.57 Å². The first-order valence-corrected chi connectivity index (χ1v) is 11.9. The third-order valence-corrected chi connectivity index (χ3v) is 7.35. The zero-order chi connectivity index (χ0) is 21.5. The normalized spacial score (nSPS) is 20.2. The van der Waals surface area contributed by atoms with Gasteiger partial charge in [-0.05, 0) is 93.9 Å². The fourth-order valence-corrected chi connectivity index (χ4v) is 4.90. The third kappa shape index (κ3) is 5.75. The lowest BCUT2D eigenvalue weighted by Crippen LogP contribution is -2.07. The molecule has 1 atom stereocenters. The molecule has 1 fully saturated rings. The predicted molar refractivity (Wildman–Crippen MR) is 134 cm³/mol. The van der Waals surface area contributed by atoms with Gasteiger partial charge in [0.2, 0.25) is 0 Å². The highest BCUT2D eigenvalue weighted by Crippen LogP contribution is 2.37. The molecule has 3 rings (SSSR count). The Kier molecular flexibility index (Phi) is 8.14. The standard InChI is InChI=1S/C30H40/c1-6-22(2)24(4)25(5)30(29-14-10-11-15-29)20-23(3)28-18-16-27(17-19-28)21-26-12-8-7-9-13-26/h6-8,12,16-20,24,29H,9-11,13-15,21H2,1-5H3/b22-6-,23-20+,30-25+. The van der Waals surface area contributed by atoms with Gasteiger partial charge < -0.3 is 0 Å². The molecule has 0 aliphatic heterocycles. The molecule has 1 unspecified atom stereocenters. The molecule has 0 aromatic heterocycles. The predicted octanol–water partition coefficient (Wildman–Crippen LogP) is 9.02. The van der Waals surface area contributed by atoms with E-state index >= 15 is 0 Å². The van der Waals surface area contributed by atoms with Crippen molar-refractivity contribution in [3.63, 3.8) is 0 Å². The van der Waals surface area contributed by atoms with Crippen molar-refractivity contribution in [1.82, 2.24) is 0 Å². The van der Waals surface area contributed by atoms with Crippen molar-refractivity contribution < 1.29 is 0 Å². The molecule has 1 aromatic rings. The van der Waals surface area contributed by atoms with Crippen LogP contribution in [-0.4, -0.2) is 0 Å². The van der Waals surface area contributed by atoms with E-state index in [0.29, 0.717) is 5.92 Å². The summed E-state index contributed by atoms with van der Waals surface area (Å²) >= 11 is 0. The highest BCUT2D eigenvalue weighted by molar-refractivity contribution is 5.67. The first kappa shape index (κ1) is 22.6. The quantitative estimate of drug-likeness (QED) is 0.316. The second-order valence-corrected chi connectivity index (χ2v) is 9.37. The zero-order valence-electron chi connectivity index (χ0n) is 19.8. The van der Waals surface area contributed by atoms with Gasteiger partial charge in [-0.25, -0.2) is 0 Å². The topological polar surface area (TPSA) is 0 Å². The van der Waals surface area contributed by atoms with Crippen molar-refractivity contribution in [1.29, 1.82) is 0 Å². The first-order chi connectivity index (χ1) is 14.5. The minimum Gasteiger partial charge on any atom is -0.0881 e. The van der Waals surface area contributed by atoms with Crippen LogP contribution in [0.5, 0.6) is 0 Å². The molecule has 1 aromatic carbocycles. The van der Waals surface area contributed by atoms with Crippen molar-refractivity contribution in [3.8, 4) is 0 Å². The van der Waals surface area contributed by atoms with Crippen LogP contribution in [0.4, 0.5) is 0 Å². The summed E-state index contributed by atoms with van der Waals surface area (Å²) < 4.78 is 0. The van der Waals surface area contributed by atoms with Crippen molar-refractivity contribution in [2.45, 2.75) is 79.6 Å². The maximum atomic E-state index is 2.51. The molecule has 0 spiro atoms. The maximum Gasteiger partial charge on any atom is -0.00212 e. The summed E-state index contributed by atoms with van der Waals surface area (Å²) in [5.41, 5.74) is 10.4. The van der Waals surface area contributed by atoms with Crippen LogP contribution < -0.4 is 0 Å². The van der Waals surface area contributed by atoms with E-state index in [1.165, 1.54) is 60.8 Å². The molecule has 0 nitrogen and oxygen atoms in total. The van der Waals surface area contributed by atoms with E-state index in [2.05, 4.69) is 89.3 Å². The van der Waals surface area contributed by atoms with Gasteiger partial charge in [0.05, 0.1) is 0 Å². The summed E-state index contributed by atoms with van der Waals surface area (Å²) in [6, 6.07) is 9.29. The minimum atomic E-state index is 0.523. The van der Waals surface area contributed by atoms with Crippen LogP contribution in [0.25, 0.3) is 5.57 Å². The Morgan fingerprint density at radius 2 is 1.77 bits per heavy atom. The van der Waals surface area contributed by atoms with Gasteiger partial charge in [0.15, 0.2) is 0 Å². The molecule has 0 N–H and O–H groups in total. The molecule has 2 aliphatic carbocycles. The number of hydrogen-bond acceptors (Lipinski definition) is 0. The number of rotatable bonds is 7. The van der Waals surface area contributed by atoms with E-state index in [-0.39, 0.29) is 0 Å². The van der Waals surface area contributed by atoms with Gasteiger partial charge in [-0.3, -0.25) is 0 Å². The van der Waals surface area contributed by atoms with Crippen LogP contribution in [0.2, 0.25) is 0 Å². The Labute approximate surface area is 185 Å². The molecule has 0 heteroatoms. The number of hydrogen-bond donors (Lipinski definition) is 0. The number of allylic oxidation sites excluding steroid dienone is 10. The lowest BCUT2D eigenvalue weighted by atomic mass is 9.83. The lowest BCUT2D eigenvalue weighted by molar-refractivity contribution is 0.633. The molecule has 0 saturated heterocycles. The second-order valence-electron chi connectivity index (χ2n) is 9.37. The van der Waals surface area contributed by atoms with Crippen LogP contribution in [0.15, 0.2) is 76.9 Å². The van der Waals surface area contributed by atoms with E-state index in [1.807, 2.05) is 0 Å². The summed E-state index contributed by atoms with van der Waals surface area (Å²) in [5.74, 6) is 1.26. The summed E-state index contributed by atoms with van der Waals surface area (Å²) in [6.45, 7) is 11.5. The zero-order valence-corrected chi connectivity index (χ0v) is 19.8. The van der Waals surface area contributed by atoms with Crippen LogP contribution >= 0.6 is 0 Å². The third-order valence-electron chi connectivity index (χ3n) is 7.35. The molecular weight excluding hydrogens is 360 g/mol. The van der Waals surface area contributed by atoms with E-state index in [1.54, 1.807) is 16.7 Å². The average Bonchev–Trinajstić information content (AvgIpc) is 3.31. The Morgan fingerprint density at radius 3 is 2.37 bits per heavy atom. The smallest absolute Gasteiger partial charge is 0.00212 e. The minimum absolute atomic E-state index is 0.523. The monoisotopic (exact) mass is 400 g/mol. The van der Waals surface area contributed by atoms with E-state index in [0.717, 1.165) is 12.3 Å². The first-order valence-electron chi connectivity index (χ1n) is 11.9. The van der Waals surface area contributed by atoms with E-state index in [4.69, 9.17) is 0 Å². The number of benzene rings is 1.